The van der Waals surface area contributed by atoms with E-state index in [4.69, 9.17) is 4.74 Å². The lowest BCUT2D eigenvalue weighted by atomic mass is 9.90. The molecule has 3 heteroatoms. The average molecular weight is 218 g/mol. The van der Waals surface area contributed by atoms with Crippen molar-refractivity contribution in [2.75, 3.05) is 6.61 Å². The molecule has 0 radical (unpaired) electrons. The molecule has 0 aromatic heterocycles. The van der Waals surface area contributed by atoms with Crippen LogP contribution in [0.15, 0.2) is 24.3 Å². The fraction of sp³-hybridized carbons (Fsp3) is 0.385. The monoisotopic (exact) mass is 218 g/mol. The molecule has 84 valence electrons. The molecule has 1 atom stereocenters. The quantitative estimate of drug-likeness (QED) is 0.731. The van der Waals surface area contributed by atoms with Crippen LogP contribution < -0.4 is 4.74 Å². The van der Waals surface area contributed by atoms with Gasteiger partial charge in [-0.2, -0.15) is 0 Å². The molecule has 1 heterocycles. The number of hydrogen-bond donors (Lipinski definition) is 0. The van der Waals surface area contributed by atoms with E-state index in [0.29, 0.717) is 17.7 Å². The maximum Gasteiger partial charge on any atom is 0.180 e. The molecule has 0 amide bonds. The first-order valence-corrected chi connectivity index (χ1v) is 5.52. The van der Waals surface area contributed by atoms with Crippen LogP contribution in [0.5, 0.6) is 5.75 Å². The summed E-state index contributed by atoms with van der Waals surface area (Å²) in [6.45, 7) is 2.12. The van der Waals surface area contributed by atoms with Gasteiger partial charge in [0, 0.05) is 6.42 Å². The Morgan fingerprint density at radius 3 is 2.94 bits per heavy atom. The van der Waals surface area contributed by atoms with Crippen molar-refractivity contribution >= 4 is 11.6 Å². The predicted molar refractivity (Wildman–Crippen MR) is 59.7 cm³/mol. The van der Waals surface area contributed by atoms with Crippen molar-refractivity contribution in [3.05, 3.63) is 29.8 Å². The van der Waals surface area contributed by atoms with Crippen molar-refractivity contribution in [1.29, 1.82) is 0 Å². The number of carbonyl (C=O) groups excluding carboxylic acids is 2. The van der Waals surface area contributed by atoms with Crippen LogP contribution in [0.4, 0.5) is 0 Å². The fourth-order valence-electron chi connectivity index (χ4n) is 1.89. The average Bonchev–Trinajstić information content (AvgIpc) is 2.30. The van der Waals surface area contributed by atoms with E-state index >= 15 is 0 Å². The van der Waals surface area contributed by atoms with E-state index in [1.54, 1.807) is 18.2 Å². The summed E-state index contributed by atoms with van der Waals surface area (Å²) in [4.78, 5) is 23.7. The Bertz CT molecular complexity index is 423. The van der Waals surface area contributed by atoms with Crippen LogP contribution in [0.2, 0.25) is 0 Å². The van der Waals surface area contributed by atoms with Gasteiger partial charge >= 0.3 is 0 Å². The summed E-state index contributed by atoms with van der Waals surface area (Å²) in [6.07, 6.45) is 1.21. The number of carbonyl (C=O) groups is 2. The Kier molecular flexibility index (Phi) is 3.04. The van der Waals surface area contributed by atoms with Gasteiger partial charge in [-0.1, -0.05) is 19.1 Å². The van der Waals surface area contributed by atoms with Gasteiger partial charge in [-0.3, -0.25) is 9.59 Å². The van der Waals surface area contributed by atoms with Gasteiger partial charge in [0.25, 0.3) is 0 Å². The minimum absolute atomic E-state index is 0.0120. The Morgan fingerprint density at radius 1 is 1.44 bits per heavy atom. The van der Waals surface area contributed by atoms with E-state index in [2.05, 4.69) is 0 Å². The Balaban J connectivity index is 2.24. The summed E-state index contributed by atoms with van der Waals surface area (Å²) >= 11 is 0. The molecule has 3 nitrogen and oxygen atoms in total. The third kappa shape index (κ3) is 1.85. The molecule has 1 aromatic rings. The van der Waals surface area contributed by atoms with Gasteiger partial charge in [0.05, 0.1) is 5.56 Å². The molecular weight excluding hydrogens is 204 g/mol. The van der Waals surface area contributed by atoms with Crippen molar-refractivity contribution in [3.8, 4) is 5.75 Å². The molecule has 0 saturated carbocycles. The topological polar surface area (TPSA) is 43.4 Å². The van der Waals surface area contributed by atoms with Gasteiger partial charge in [-0.05, 0) is 18.6 Å². The summed E-state index contributed by atoms with van der Waals surface area (Å²) in [7, 11) is 0. The predicted octanol–water partition coefficient (Wildman–Crippen LogP) is 2.25. The lowest BCUT2D eigenvalue weighted by Gasteiger charge is -2.22. The first kappa shape index (κ1) is 10.9. The largest absolute Gasteiger partial charge is 0.492 e. The number of hydrogen-bond acceptors (Lipinski definition) is 3. The second-order valence-electron chi connectivity index (χ2n) is 3.94. The number of Topliss-reactive ketones (excluding diaryl/α,β-unsaturated/α-hetero) is 2. The third-order valence-electron chi connectivity index (χ3n) is 2.76. The van der Waals surface area contributed by atoms with E-state index in [0.717, 1.165) is 6.42 Å². The van der Waals surface area contributed by atoms with Crippen LogP contribution in [0.1, 0.15) is 30.1 Å². The first-order valence-electron chi connectivity index (χ1n) is 5.52. The second kappa shape index (κ2) is 4.47. The zero-order valence-electron chi connectivity index (χ0n) is 9.23. The van der Waals surface area contributed by atoms with Crippen LogP contribution in [0, 0.1) is 5.92 Å². The van der Waals surface area contributed by atoms with Gasteiger partial charge in [0.2, 0.25) is 0 Å². The van der Waals surface area contributed by atoms with Gasteiger partial charge < -0.3 is 4.74 Å². The van der Waals surface area contributed by atoms with Crippen molar-refractivity contribution in [3.63, 3.8) is 0 Å². The standard InChI is InChI=1S/C13H14O3/c1-2-5-11(14)10-8-16-12-7-4-3-6-9(12)13(10)15/h3-4,6-7,10H,2,5,8H2,1H3. The van der Waals surface area contributed by atoms with Crippen molar-refractivity contribution < 1.29 is 14.3 Å². The highest BCUT2D eigenvalue weighted by atomic mass is 16.5. The maximum atomic E-state index is 12.0. The van der Waals surface area contributed by atoms with E-state index in [1.807, 2.05) is 13.0 Å². The third-order valence-corrected chi connectivity index (χ3v) is 2.76. The van der Waals surface area contributed by atoms with Crippen LogP contribution in [0.25, 0.3) is 0 Å². The Hall–Kier alpha value is -1.64. The van der Waals surface area contributed by atoms with Crippen molar-refractivity contribution in [1.82, 2.24) is 0 Å². The summed E-state index contributed by atoms with van der Waals surface area (Å²) in [5.74, 6) is -0.120. The van der Waals surface area contributed by atoms with E-state index < -0.39 is 5.92 Å². The molecule has 0 fully saturated rings. The highest BCUT2D eigenvalue weighted by molar-refractivity contribution is 6.12. The summed E-state index contributed by atoms with van der Waals surface area (Å²) in [5.41, 5.74) is 0.531. The van der Waals surface area contributed by atoms with Gasteiger partial charge in [-0.25, -0.2) is 0 Å². The minimum Gasteiger partial charge on any atom is -0.492 e. The molecule has 1 aliphatic heterocycles. The molecular formula is C13H14O3. The number of para-hydroxylation sites is 1. The van der Waals surface area contributed by atoms with E-state index in [9.17, 15) is 9.59 Å². The zero-order valence-corrected chi connectivity index (χ0v) is 9.23. The molecule has 0 saturated heterocycles. The molecule has 16 heavy (non-hydrogen) atoms. The van der Waals surface area contributed by atoms with Crippen molar-refractivity contribution in [2.24, 2.45) is 5.92 Å². The second-order valence-corrected chi connectivity index (χ2v) is 3.94. The summed E-state index contributed by atoms with van der Waals surface area (Å²) < 4.78 is 5.43. The maximum absolute atomic E-state index is 12.0. The van der Waals surface area contributed by atoms with Crippen LogP contribution in [-0.2, 0) is 4.79 Å². The highest BCUT2D eigenvalue weighted by Crippen LogP contribution is 2.27. The smallest absolute Gasteiger partial charge is 0.180 e. The van der Waals surface area contributed by atoms with Gasteiger partial charge in [0.15, 0.2) is 5.78 Å². The minimum atomic E-state index is -0.602. The summed E-state index contributed by atoms with van der Waals surface area (Å²) in [6, 6.07) is 7.07. The lowest BCUT2D eigenvalue weighted by Crippen LogP contribution is -2.34. The molecule has 0 aliphatic carbocycles. The van der Waals surface area contributed by atoms with E-state index in [1.165, 1.54) is 0 Å². The molecule has 1 unspecified atom stereocenters. The van der Waals surface area contributed by atoms with Crippen LogP contribution in [-0.4, -0.2) is 18.2 Å². The van der Waals surface area contributed by atoms with Crippen molar-refractivity contribution in [2.45, 2.75) is 19.8 Å². The molecule has 0 bridgehead atoms. The number of fused-ring (bicyclic) bond motifs is 1. The number of rotatable bonds is 3. The molecule has 0 N–H and O–H groups in total. The fourth-order valence-corrected chi connectivity index (χ4v) is 1.89. The molecule has 1 aromatic carbocycles. The Labute approximate surface area is 94.4 Å². The van der Waals surface area contributed by atoms with Crippen LogP contribution in [0.3, 0.4) is 0 Å². The normalized spacial score (nSPS) is 18.8. The van der Waals surface area contributed by atoms with E-state index in [-0.39, 0.29) is 18.2 Å². The molecule has 0 spiro atoms. The number of benzene rings is 1. The zero-order chi connectivity index (χ0) is 11.5. The number of ether oxygens (including phenoxy) is 1. The Morgan fingerprint density at radius 2 is 2.19 bits per heavy atom. The summed E-state index contributed by atoms with van der Waals surface area (Å²) in [5, 5.41) is 0. The first-order chi connectivity index (χ1) is 7.74. The van der Waals surface area contributed by atoms with Crippen LogP contribution >= 0.6 is 0 Å². The molecule has 1 aliphatic rings. The SMILES string of the molecule is CCCC(=O)C1COc2ccccc2C1=O. The number of ketones is 2. The highest BCUT2D eigenvalue weighted by Gasteiger charge is 2.33. The molecule has 2 rings (SSSR count). The van der Waals surface area contributed by atoms with Gasteiger partial charge in [0.1, 0.15) is 24.1 Å². The lowest BCUT2D eigenvalue weighted by molar-refractivity contribution is -0.122. The van der Waals surface area contributed by atoms with Gasteiger partial charge in [-0.15, -0.1) is 0 Å².